The van der Waals surface area contributed by atoms with Gasteiger partial charge in [0.25, 0.3) is 11.5 Å². The molecule has 1 aliphatic heterocycles. The average Bonchev–Trinajstić information content (AvgIpc) is 3.22. The number of thiazole rings is 1. The molecule has 3 aromatic rings. The Balaban J connectivity index is 1.62. The Morgan fingerprint density at radius 2 is 2.00 bits per heavy atom. The summed E-state index contributed by atoms with van der Waals surface area (Å²) in [5, 5.41) is 4.12. The van der Waals surface area contributed by atoms with Crippen molar-refractivity contribution in [1.82, 2.24) is 24.5 Å². The third kappa shape index (κ3) is 3.07. The molecule has 1 N–H and O–H groups in total. The maximum Gasteiger partial charge on any atom is 0.275 e. The van der Waals surface area contributed by atoms with Gasteiger partial charge in [0.15, 0.2) is 5.65 Å². The predicted molar refractivity (Wildman–Crippen MR) is 105 cm³/mol. The summed E-state index contributed by atoms with van der Waals surface area (Å²) < 4.78 is 1.51. The van der Waals surface area contributed by atoms with Gasteiger partial charge in [0.2, 0.25) is 0 Å². The Labute approximate surface area is 161 Å². The van der Waals surface area contributed by atoms with E-state index in [4.69, 9.17) is 0 Å². The Morgan fingerprint density at radius 3 is 2.70 bits per heavy atom. The maximum atomic E-state index is 12.9. The highest BCUT2D eigenvalue weighted by Crippen LogP contribution is 2.29. The molecule has 0 aromatic carbocycles. The zero-order chi connectivity index (χ0) is 19.3. The summed E-state index contributed by atoms with van der Waals surface area (Å²) in [5.74, 6) is 0.222. The summed E-state index contributed by atoms with van der Waals surface area (Å²) >= 11 is 1.46. The maximum absolute atomic E-state index is 12.9. The fourth-order valence-electron chi connectivity index (χ4n) is 3.74. The number of nitrogens with zero attached hydrogens (tertiary/aromatic N) is 4. The number of hydrogen-bond acceptors (Lipinski definition) is 5. The van der Waals surface area contributed by atoms with Gasteiger partial charge in [-0.1, -0.05) is 0 Å². The summed E-state index contributed by atoms with van der Waals surface area (Å²) in [6.45, 7) is 8.84. The second kappa shape index (κ2) is 6.60. The number of hydrogen-bond donors (Lipinski definition) is 1. The van der Waals surface area contributed by atoms with Crippen molar-refractivity contribution in [3.8, 4) is 0 Å². The highest BCUT2D eigenvalue weighted by Gasteiger charge is 2.28. The number of nitrogens with one attached hydrogen (secondary N) is 1. The van der Waals surface area contributed by atoms with Crippen molar-refractivity contribution >= 4 is 22.9 Å². The van der Waals surface area contributed by atoms with Crippen LogP contribution in [0.5, 0.6) is 0 Å². The minimum absolute atomic E-state index is 0.0564. The van der Waals surface area contributed by atoms with Gasteiger partial charge in [-0.25, -0.2) is 14.5 Å². The van der Waals surface area contributed by atoms with E-state index >= 15 is 0 Å². The molecule has 0 radical (unpaired) electrons. The van der Waals surface area contributed by atoms with E-state index < -0.39 is 0 Å². The van der Waals surface area contributed by atoms with Gasteiger partial charge in [-0.15, -0.1) is 11.3 Å². The normalized spacial score (nSPS) is 17.6. The van der Waals surface area contributed by atoms with Gasteiger partial charge in [-0.3, -0.25) is 14.7 Å². The summed E-state index contributed by atoms with van der Waals surface area (Å²) in [4.78, 5) is 36.9. The first-order valence-corrected chi connectivity index (χ1v) is 9.99. The van der Waals surface area contributed by atoms with Crippen LogP contribution in [0.15, 0.2) is 10.9 Å². The molecule has 4 rings (SSSR count). The lowest BCUT2D eigenvalue weighted by atomic mass is 9.94. The predicted octanol–water partition coefficient (Wildman–Crippen LogP) is 2.73. The number of rotatable bonds is 2. The van der Waals surface area contributed by atoms with Crippen LogP contribution in [0.1, 0.15) is 56.1 Å². The largest absolute Gasteiger partial charge is 0.337 e. The summed E-state index contributed by atoms with van der Waals surface area (Å²) in [6, 6.07) is 1.94. The molecule has 27 heavy (non-hydrogen) atoms. The van der Waals surface area contributed by atoms with E-state index in [-0.39, 0.29) is 17.4 Å². The number of amides is 1. The van der Waals surface area contributed by atoms with Crippen LogP contribution in [-0.2, 0) is 0 Å². The Bertz CT molecular complexity index is 1090. The molecule has 0 saturated carbocycles. The first-order valence-electron chi connectivity index (χ1n) is 9.17. The number of aryl methyl sites for hydroxylation is 3. The van der Waals surface area contributed by atoms with Gasteiger partial charge in [-0.2, -0.15) is 0 Å². The lowest BCUT2D eigenvalue weighted by Crippen LogP contribution is -2.39. The molecule has 1 atom stereocenters. The minimum atomic E-state index is -0.0664. The zero-order valence-electron chi connectivity index (χ0n) is 16.0. The molecule has 0 bridgehead atoms. The number of fused-ring (bicyclic) bond motifs is 1. The first kappa shape index (κ1) is 17.9. The molecule has 1 unspecified atom stereocenters. The number of piperidine rings is 1. The monoisotopic (exact) mass is 385 g/mol. The van der Waals surface area contributed by atoms with Crippen molar-refractivity contribution < 1.29 is 4.79 Å². The Morgan fingerprint density at radius 1 is 1.22 bits per heavy atom. The van der Waals surface area contributed by atoms with Crippen molar-refractivity contribution in [2.45, 2.75) is 46.5 Å². The second-order valence-corrected chi connectivity index (χ2v) is 8.47. The van der Waals surface area contributed by atoms with E-state index in [1.165, 1.54) is 15.9 Å². The molecule has 1 saturated heterocycles. The molecule has 142 valence electrons. The van der Waals surface area contributed by atoms with Crippen molar-refractivity contribution in [2.75, 3.05) is 13.1 Å². The quantitative estimate of drug-likeness (QED) is 0.735. The minimum Gasteiger partial charge on any atom is -0.337 e. The second-order valence-electron chi connectivity index (χ2n) is 7.27. The first-order chi connectivity index (χ1) is 12.8. The van der Waals surface area contributed by atoms with Crippen LogP contribution in [0.2, 0.25) is 0 Å². The van der Waals surface area contributed by atoms with Crippen molar-refractivity contribution in [3.63, 3.8) is 0 Å². The van der Waals surface area contributed by atoms with Crippen LogP contribution in [-0.4, -0.2) is 43.5 Å². The number of carbonyl (C=O) groups is 1. The van der Waals surface area contributed by atoms with Gasteiger partial charge in [-0.05, 0) is 40.5 Å². The lowest BCUT2D eigenvalue weighted by Gasteiger charge is -2.32. The average molecular weight is 385 g/mol. The van der Waals surface area contributed by atoms with Gasteiger partial charge in [0.05, 0.1) is 10.7 Å². The van der Waals surface area contributed by atoms with E-state index in [0.29, 0.717) is 17.8 Å². The molecule has 7 nitrogen and oxygen atoms in total. The fourth-order valence-corrected chi connectivity index (χ4v) is 4.62. The Hall–Kier alpha value is -2.48. The van der Waals surface area contributed by atoms with Crippen LogP contribution in [0.4, 0.5) is 0 Å². The van der Waals surface area contributed by atoms with E-state index in [1.54, 1.807) is 6.92 Å². The van der Waals surface area contributed by atoms with Gasteiger partial charge >= 0.3 is 0 Å². The molecule has 3 aromatic heterocycles. The van der Waals surface area contributed by atoms with Crippen LogP contribution in [0.3, 0.4) is 0 Å². The van der Waals surface area contributed by atoms with Gasteiger partial charge < -0.3 is 4.90 Å². The van der Waals surface area contributed by atoms with Crippen LogP contribution in [0, 0.1) is 27.7 Å². The molecule has 1 fully saturated rings. The van der Waals surface area contributed by atoms with Crippen LogP contribution in [0.25, 0.3) is 5.65 Å². The van der Waals surface area contributed by atoms with Gasteiger partial charge in [0.1, 0.15) is 4.88 Å². The summed E-state index contributed by atoms with van der Waals surface area (Å²) in [5.41, 5.74) is 3.73. The number of H-pyrrole nitrogens is 1. The van der Waals surface area contributed by atoms with Crippen molar-refractivity contribution in [3.05, 3.63) is 49.0 Å². The van der Waals surface area contributed by atoms with Gasteiger partial charge in [0, 0.05) is 42.0 Å². The highest BCUT2D eigenvalue weighted by molar-refractivity contribution is 7.13. The van der Waals surface area contributed by atoms with Crippen LogP contribution >= 0.6 is 11.3 Å². The third-order valence-electron chi connectivity index (χ3n) is 5.35. The van der Waals surface area contributed by atoms with E-state index in [9.17, 15) is 9.59 Å². The third-order valence-corrected chi connectivity index (χ3v) is 6.41. The van der Waals surface area contributed by atoms with E-state index in [1.807, 2.05) is 31.7 Å². The topological polar surface area (TPSA) is 83.4 Å². The number of aromatic amines is 1. The van der Waals surface area contributed by atoms with E-state index in [0.717, 1.165) is 46.4 Å². The molecule has 1 amide bonds. The molecule has 0 aliphatic carbocycles. The SMILES string of the molecule is Cc1nc(C)c(C(=O)N2CCCC(c3cc4nc(C)c(C)c(=O)n4[nH]3)C2)s1. The van der Waals surface area contributed by atoms with E-state index in [2.05, 4.69) is 15.1 Å². The molecular formula is C19H23N5O2S. The standard InChI is InChI=1S/C19H23N5O2S/c1-10-11(2)21-16-8-15(22-24(16)18(10)25)14-6-5-7-23(9-14)19(26)17-12(3)20-13(4)27-17/h8,14,22H,5-7,9H2,1-4H3. The fraction of sp³-hybridized carbons (Fsp3) is 0.474. The molecule has 4 heterocycles. The summed E-state index contributed by atoms with van der Waals surface area (Å²) in [6.07, 6.45) is 1.91. The lowest BCUT2D eigenvalue weighted by molar-refractivity contribution is 0.0710. The number of aromatic nitrogens is 4. The molecule has 1 aliphatic rings. The van der Waals surface area contributed by atoms with Crippen molar-refractivity contribution in [1.29, 1.82) is 0 Å². The smallest absolute Gasteiger partial charge is 0.275 e. The zero-order valence-corrected chi connectivity index (χ0v) is 16.8. The number of likely N-dealkylation sites (tertiary alicyclic amines) is 1. The van der Waals surface area contributed by atoms with Crippen LogP contribution < -0.4 is 5.56 Å². The highest BCUT2D eigenvalue weighted by atomic mass is 32.1. The summed E-state index contributed by atoms with van der Waals surface area (Å²) in [7, 11) is 0. The number of carbonyl (C=O) groups excluding carboxylic acids is 1. The Kier molecular flexibility index (Phi) is 4.38. The molecule has 0 spiro atoms. The molecule has 8 heteroatoms. The molecular weight excluding hydrogens is 362 g/mol. The van der Waals surface area contributed by atoms with Crippen molar-refractivity contribution in [2.24, 2.45) is 0 Å².